The van der Waals surface area contributed by atoms with Crippen LogP contribution in [-0.2, 0) is 11.8 Å². The molecule has 2 aromatic heterocycles. The maximum atomic E-state index is 12.4. The van der Waals surface area contributed by atoms with Gasteiger partial charge in [-0.15, -0.1) is 0 Å². The van der Waals surface area contributed by atoms with Crippen LogP contribution in [-0.4, -0.2) is 69.9 Å². The summed E-state index contributed by atoms with van der Waals surface area (Å²) in [5.74, 6) is 0.652. The first-order valence-corrected chi connectivity index (χ1v) is 9.05. The molecule has 0 spiro atoms. The SMILES string of the molecule is CCN(CC)CC1CN(c2nc(-c3ccncn3)cc(=O)n2C)CCO1. The summed E-state index contributed by atoms with van der Waals surface area (Å²) in [6, 6.07) is 3.27. The van der Waals surface area contributed by atoms with Gasteiger partial charge in [0.05, 0.1) is 24.1 Å². The van der Waals surface area contributed by atoms with Crippen LogP contribution in [0.15, 0.2) is 29.5 Å². The molecule has 0 bridgehead atoms. The largest absolute Gasteiger partial charge is 0.373 e. The molecular formula is C18H26N6O2. The fourth-order valence-electron chi connectivity index (χ4n) is 3.16. The van der Waals surface area contributed by atoms with Crippen molar-refractivity contribution < 1.29 is 4.74 Å². The summed E-state index contributed by atoms with van der Waals surface area (Å²) in [4.78, 5) is 29.8. The number of aromatic nitrogens is 4. The average molecular weight is 358 g/mol. The van der Waals surface area contributed by atoms with Crippen LogP contribution >= 0.6 is 0 Å². The zero-order valence-electron chi connectivity index (χ0n) is 15.6. The molecule has 0 aliphatic carbocycles. The minimum atomic E-state index is -0.101. The Bertz CT molecular complexity index is 775. The lowest BCUT2D eigenvalue weighted by molar-refractivity contribution is 0.0170. The standard InChI is InChI=1S/C18H26N6O2/c1-4-23(5-2)11-14-12-24(8-9-26-14)18-21-16(10-17(25)22(18)3)15-6-7-19-13-20-15/h6-7,10,13-14H,4-5,8-9,11-12H2,1-3H3. The van der Waals surface area contributed by atoms with Gasteiger partial charge in [0.15, 0.2) is 0 Å². The van der Waals surface area contributed by atoms with Crippen LogP contribution < -0.4 is 10.5 Å². The molecule has 1 aliphatic heterocycles. The molecule has 0 amide bonds. The van der Waals surface area contributed by atoms with E-state index >= 15 is 0 Å². The maximum Gasteiger partial charge on any atom is 0.255 e. The van der Waals surface area contributed by atoms with Gasteiger partial charge in [-0.25, -0.2) is 15.0 Å². The molecular weight excluding hydrogens is 332 g/mol. The lowest BCUT2D eigenvalue weighted by Gasteiger charge is -2.36. The van der Waals surface area contributed by atoms with Crippen LogP contribution in [0.1, 0.15) is 13.8 Å². The number of rotatable bonds is 6. The number of hydrogen-bond donors (Lipinski definition) is 0. The van der Waals surface area contributed by atoms with E-state index in [9.17, 15) is 4.79 Å². The van der Waals surface area contributed by atoms with E-state index < -0.39 is 0 Å². The second kappa shape index (κ2) is 8.37. The van der Waals surface area contributed by atoms with Gasteiger partial charge in [0.25, 0.3) is 5.56 Å². The third-order valence-corrected chi connectivity index (χ3v) is 4.73. The molecule has 1 saturated heterocycles. The van der Waals surface area contributed by atoms with Gasteiger partial charge in [-0.1, -0.05) is 13.8 Å². The monoisotopic (exact) mass is 358 g/mol. The minimum absolute atomic E-state index is 0.100. The van der Waals surface area contributed by atoms with Crippen molar-refractivity contribution in [2.75, 3.05) is 44.2 Å². The van der Waals surface area contributed by atoms with Crippen LogP contribution in [0.5, 0.6) is 0 Å². The van der Waals surface area contributed by atoms with Crippen molar-refractivity contribution in [1.29, 1.82) is 0 Å². The Morgan fingerprint density at radius 3 is 2.81 bits per heavy atom. The summed E-state index contributed by atoms with van der Waals surface area (Å²) in [7, 11) is 1.75. The quantitative estimate of drug-likeness (QED) is 0.755. The number of likely N-dealkylation sites (N-methyl/N-ethyl adjacent to an activating group) is 1. The average Bonchev–Trinajstić information content (AvgIpc) is 2.69. The van der Waals surface area contributed by atoms with E-state index in [1.54, 1.807) is 23.9 Å². The minimum Gasteiger partial charge on any atom is -0.373 e. The van der Waals surface area contributed by atoms with Gasteiger partial charge in [-0.2, -0.15) is 0 Å². The Hall–Kier alpha value is -2.32. The first-order chi connectivity index (χ1) is 12.6. The highest BCUT2D eigenvalue weighted by atomic mass is 16.5. The topological polar surface area (TPSA) is 76.4 Å². The number of anilines is 1. The molecule has 1 atom stereocenters. The Kier molecular flexibility index (Phi) is 5.95. The summed E-state index contributed by atoms with van der Waals surface area (Å²) < 4.78 is 7.52. The van der Waals surface area contributed by atoms with Crippen LogP contribution in [0.3, 0.4) is 0 Å². The Morgan fingerprint density at radius 1 is 1.31 bits per heavy atom. The Balaban J connectivity index is 1.86. The van der Waals surface area contributed by atoms with Gasteiger partial charge in [0, 0.05) is 38.9 Å². The molecule has 1 unspecified atom stereocenters. The molecule has 0 N–H and O–H groups in total. The van der Waals surface area contributed by atoms with E-state index in [0.29, 0.717) is 37.0 Å². The first-order valence-electron chi connectivity index (χ1n) is 9.05. The van der Waals surface area contributed by atoms with Crippen molar-refractivity contribution in [2.45, 2.75) is 20.0 Å². The molecule has 140 valence electrons. The normalized spacial score (nSPS) is 17.7. The zero-order chi connectivity index (χ0) is 18.5. The van der Waals surface area contributed by atoms with E-state index in [1.165, 1.54) is 12.4 Å². The summed E-state index contributed by atoms with van der Waals surface area (Å²) in [5, 5.41) is 0. The van der Waals surface area contributed by atoms with Crippen LogP contribution in [0.25, 0.3) is 11.4 Å². The lowest BCUT2D eigenvalue weighted by Crippen LogP contribution is -2.49. The van der Waals surface area contributed by atoms with E-state index in [2.05, 4.69) is 33.6 Å². The summed E-state index contributed by atoms with van der Waals surface area (Å²) in [6.07, 6.45) is 3.21. The molecule has 0 radical (unpaired) electrons. The van der Waals surface area contributed by atoms with Crippen molar-refractivity contribution in [3.05, 3.63) is 35.0 Å². The Labute approximate surface area is 153 Å². The van der Waals surface area contributed by atoms with Gasteiger partial charge in [0.1, 0.15) is 6.33 Å². The summed E-state index contributed by atoms with van der Waals surface area (Å²) in [6.45, 7) is 9.22. The van der Waals surface area contributed by atoms with Crippen LogP contribution in [0.4, 0.5) is 5.95 Å². The number of ether oxygens (including phenoxy) is 1. The van der Waals surface area contributed by atoms with Gasteiger partial charge >= 0.3 is 0 Å². The molecule has 1 fully saturated rings. The molecule has 8 heteroatoms. The van der Waals surface area contributed by atoms with Crippen molar-refractivity contribution >= 4 is 5.95 Å². The predicted octanol–water partition coefficient (Wildman–Crippen LogP) is 0.784. The highest BCUT2D eigenvalue weighted by Gasteiger charge is 2.25. The molecule has 3 heterocycles. The van der Waals surface area contributed by atoms with Crippen molar-refractivity contribution in [3.63, 3.8) is 0 Å². The van der Waals surface area contributed by atoms with Crippen LogP contribution in [0.2, 0.25) is 0 Å². The lowest BCUT2D eigenvalue weighted by atomic mass is 10.2. The predicted molar refractivity (Wildman–Crippen MR) is 100 cm³/mol. The van der Waals surface area contributed by atoms with Crippen LogP contribution in [0, 0.1) is 0 Å². The number of nitrogens with zero attached hydrogens (tertiary/aromatic N) is 6. The molecule has 2 aromatic rings. The molecule has 3 rings (SSSR count). The number of hydrogen-bond acceptors (Lipinski definition) is 7. The van der Waals surface area contributed by atoms with Gasteiger partial charge in [0.2, 0.25) is 5.95 Å². The van der Waals surface area contributed by atoms with Crippen molar-refractivity contribution in [2.24, 2.45) is 7.05 Å². The first kappa shape index (κ1) is 18.5. The van der Waals surface area contributed by atoms with E-state index in [1.807, 2.05) is 0 Å². The molecule has 0 aromatic carbocycles. The van der Waals surface area contributed by atoms with E-state index in [0.717, 1.165) is 19.6 Å². The van der Waals surface area contributed by atoms with Crippen molar-refractivity contribution in [1.82, 2.24) is 24.4 Å². The second-order valence-corrected chi connectivity index (χ2v) is 6.36. The number of morpholine rings is 1. The van der Waals surface area contributed by atoms with Crippen molar-refractivity contribution in [3.8, 4) is 11.4 Å². The molecule has 0 saturated carbocycles. The highest BCUT2D eigenvalue weighted by Crippen LogP contribution is 2.18. The van der Waals surface area contributed by atoms with Gasteiger partial charge in [-0.05, 0) is 19.2 Å². The fourth-order valence-corrected chi connectivity index (χ4v) is 3.16. The smallest absolute Gasteiger partial charge is 0.255 e. The summed E-state index contributed by atoms with van der Waals surface area (Å²) in [5.41, 5.74) is 1.11. The molecule has 1 aliphatic rings. The third kappa shape index (κ3) is 4.08. The molecule has 8 nitrogen and oxygen atoms in total. The zero-order valence-corrected chi connectivity index (χ0v) is 15.6. The molecule has 26 heavy (non-hydrogen) atoms. The highest BCUT2D eigenvalue weighted by molar-refractivity contribution is 5.55. The maximum absolute atomic E-state index is 12.4. The van der Waals surface area contributed by atoms with E-state index in [-0.39, 0.29) is 11.7 Å². The second-order valence-electron chi connectivity index (χ2n) is 6.36. The van der Waals surface area contributed by atoms with E-state index in [4.69, 9.17) is 9.72 Å². The Morgan fingerprint density at radius 2 is 2.12 bits per heavy atom. The van der Waals surface area contributed by atoms with Gasteiger partial charge in [-0.3, -0.25) is 9.36 Å². The fraction of sp³-hybridized carbons (Fsp3) is 0.556. The summed E-state index contributed by atoms with van der Waals surface area (Å²) >= 11 is 0. The van der Waals surface area contributed by atoms with Gasteiger partial charge < -0.3 is 14.5 Å². The third-order valence-electron chi connectivity index (χ3n) is 4.73.